The molecule has 138 valence electrons. The first-order valence-corrected chi connectivity index (χ1v) is 10.0. The van der Waals surface area contributed by atoms with Crippen LogP contribution in [0.1, 0.15) is 15.9 Å². The molecule has 1 amide bonds. The van der Waals surface area contributed by atoms with Crippen molar-refractivity contribution in [2.75, 3.05) is 5.32 Å². The van der Waals surface area contributed by atoms with Crippen molar-refractivity contribution in [3.05, 3.63) is 95.3 Å². The number of halogens is 1. The summed E-state index contributed by atoms with van der Waals surface area (Å²) in [5, 5.41) is 5.30. The third-order valence-corrected chi connectivity index (χ3v) is 5.50. The molecule has 0 bridgehead atoms. The number of nitrogens with one attached hydrogen (secondary N) is 1. The van der Waals surface area contributed by atoms with Gasteiger partial charge < -0.3 is 5.32 Å². The molecule has 6 heteroatoms. The number of amides is 1. The van der Waals surface area contributed by atoms with Crippen LogP contribution in [0.4, 0.5) is 5.69 Å². The van der Waals surface area contributed by atoms with Crippen LogP contribution < -0.4 is 5.32 Å². The van der Waals surface area contributed by atoms with Gasteiger partial charge in [-0.25, -0.2) is 4.98 Å². The van der Waals surface area contributed by atoms with Crippen LogP contribution in [0.25, 0.3) is 10.9 Å². The summed E-state index contributed by atoms with van der Waals surface area (Å²) in [6, 6.07) is 20.7. The number of fused-ring (bicyclic) bond motifs is 1. The Morgan fingerprint density at radius 3 is 2.54 bits per heavy atom. The Morgan fingerprint density at radius 1 is 0.929 bits per heavy atom. The van der Waals surface area contributed by atoms with Crippen LogP contribution in [0, 0.1) is 0 Å². The van der Waals surface area contributed by atoms with E-state index in [2.05, 4.69) is 21.4 Å². The lowest BCUT2D eigenvalue weighted by Crippen LogP contribution is -2.13. The third kappa shape index (κ3) is 4.16. The lowest BCUT2D eigenvalue weighted by molar-refractivity contribution is 0.102. The molecule has 2 heterocycles. The normalized spacial score (nSPS) is 10.8. The fourth-order valence-electron chi connectivity index (χ4n) is 2.84. The van der Waals surface area contributed by atoms with Crippen molar-refractivity contribution in [1.82, 2.24) is 9.97 Å². The number of para-hydroxylation sites is 1. The minimum Gasteiger partial charge on any atom is -0.322 e. The Bertz CT molecular complexity index is 1130. The summed E-state index contributed by atoms with van der Waals surface area (Å²) in [5.74, 6) is 0.473. The number of anilines is 1. The van der Waals surface area contributed by atoms with Crippen LogP contribution in [0.2, 0.25) is 5.02 Å². The summed E-state index contributed by atoms with van der Waals surface area (Å²) in [5.41, 5.74) is 3.31. The molecular weight excluding hydrogens is 390 g/mol. The van der Waals surface area contributed by atoms with Crippen LogP contribution in [-0.2, 0) is 5.75 Å². The number of rotatable bonds is 5. The van der Waals surface area contributed by atoms with Gasteiger partial charge >= 0.3 is 0 Å². The van der Waals surface area contributed by atoms with Gasteiger partial charge in [-0.3, -0.25) is 9.78 Å². The molecule has 4 aromatic rings. The second-order valence-electron chi connectivity index (χ2n) is 6.10. The molecule has 0 aliphatic rings. The van der Waals surface area contributed by atoms with Crippen molar-refractivity contribution in [2.24, 2.45) is 0 Å². The molecular formula is C22H16ClN3OS. The highest BCUT2D eigenvalue weighted by Crippen LogP contribution is 2.28. The molecule has 1 N–H and O–H groups in total. The average Bonchev–Trinajstić information content (AvgIpc) is 2.74. The summed E-state index contributed by atoms with van der Waals surface area (Å²) in [6.07, 6.45) is 3.49. The highest BCUT2D eigenvalue weighted by molar-refractivity contribution is 7.98. The van der Waals surface area contributed by atoms with Gasteiger partial charge in [-0.2, -0.15) is 0 Å². The maximum Gasteiger partial charge on any atom is 0.258 e. The van der Waals surface area contributed by atoms with E-state index in [9.17, 15) is 4.79 Å². The number of hydrogen-bond donors (Lipinski definition) is 1. The van der Waals surface area contributed by atoms with Crippen molar-refractivity contribution >= 4 is 45.9 Å². The van der Waals surface area contributed by atoms with Gasteiger partial charge in [0.2, 0.25) is 0 Å². The van der Waals surface area contributed by atoms with E-state index in [1.54, 1.807) is 48.8 Å². The molecule has 0 aliphatic heterocycles. The molecule has 2 aromatic carbocycles. The summed E-state index contributed by atoms with van der Waals surface area (Å²) in [4.78, 5) is 21.6. The number of nitrogens with zero attached hydrogens (tertiary/aromatic N) is 2. The smallest absolute Gasteiger partial charge is 0.258 e. The first-order chi connectivity index (χ1) is 13.7. The SMILES string of the molecule is O=C(Nc1ccc(Cl)cc1)c1cccnc1SCc1cccc2cccnc12. The quantitative estimate of drug-likeness (QED) is 0.424. The second kappa shape index (κ2) is 8.42. The highest BCUT2D eigenvalue weighted by atomic mass is 35.5. The van der Waals surface area contributed by atoms with Crippen molar-refractivity contribution < 1.29 is 4.79 Å². The van der Waals surface area contributed by atoms with E-state index < -0.39 is 0 Å². The maximum absolute atomic E-state index is 12.7. The predicted molar refractivity (Wildman–Crippen MR) is 115 cm³/mol. The summed E-state index contributed by atoms with van der Waals surface area (Å²) in [7, 11) is 0. The number of carbonyl (C=O) groups excluding carboxylic acids is 1. The molecule has 0 fully saturated rings. The second-order valence-corrected chi connectivity index (χ2v) is 7.50. The minimum atomic E-state index is -0.200. The molecule has 4 rings (SSSR count). The molecule has 0 saturated heterocycles. The van der Waals surface area contributed by atoms with Gasteiger partial charge in [0.05, 0.1) is 11.1 Å². The molecule has 0 unspecified atom stereocenters. The first kappa shape index (κ1) is 18.5. The van der Waals surface area contributed by atoms with E-state index in [0.29, 0.717) is 27.1 Å². The Morgan fingerprint density at radius 2 is 1.68 bits per heavy atom. The molecule has 0 saturated carbocycles. The third-order valence-electron chi connectivity index (χ3n) is 4.20. The van der Waals surface area contributed by atoms with Crippen molar-refractivity contribution in [1.29, 1.82) is 0 Å². The van der Waals surface area contributed by atoms with Gasteiger partial charge in [0, 0.05) is 34.2 Å². The van der Waals surface area contributed by atoms with E-state index in [-0.39, 0.29) is 5.91 Å². The Hall–Kier alpha value is -2.89. The fourth-order valence-corrected chi connectivity index (χ4v) is 3.94. The molecule has 0 atom stereocenters. The lowest BCUT2D eigenvalue weighted by Gasteiger charge is -2.10. The fraction of sp³-hybridized carbons (Fsp3) is 0.0455. The number of hydrogen-bond acceptors (Lipinski definition) is 4. The molecule has 28 heavy (non-hydrogen) atoms. The van der Waals surface area contributed by atoms with Crippen LogP contribution in [0.15, 0.2) is 84.1 Å². The monoisotopic (exact) mass is 405 g/mol. The maximum atomic E-state index is 12.7. The van der Waals surface area contributed by atoms with Crippen LogP contribution in [0.5, 0.6) is 0 Å². The highest BCUT2D eigenvalue weighted by Gasteiger charge is 2.14. The molecule has 0 radical (unpaired) electrons. The van der Waals surface area contributed by atoms with E-state index in [1.165, 1.54) is 11.8 Å². The van der Waals surface area contributed by atoms with Gasteiger partial charge in [0.15, 0.2) is 0 Å². The van der Waals surface area contributed by atoms with E-state index >= 15 is 0 Å². The van der Waals surface area contributed by atoms with Gasteiger partial charge in [-0.05, 0) is 48.0 Å². The van der Waals surface area contributed by atoms with Crippen LogP contribution in [-0.4, -0.2) is 15.9 Å². The molecule has 4 nitrogen and oxygen atoms in total. The topological polar surface area (TPSA) is 54.9 Å². The number of carbonyl (C=O) groups is 1. The van der Waals surface area contributed by atoms with Crippen LogP contribution >= 0.6 is 23.4 Å². The zero-order chi connectivity index (χ0) is 19.3. The molecule has 0 spiro atoms. The molecule has 2 aromatic heterocycles. The standard InChI is InChI=1S/C22H16ClN3OS/c23-17-8-10-18(11-9-17)26-21(27)19-7-3-13-25-22(19)28-14-16-5-1-4-15-6-2-12-24-20(15)16/h1-13H,14H2,(H,26,27). The van der Waals surface area contributed by atoms with Gasteiger partial charge in [-0.15, -0.1) is 11.8 Å². The van der Waals surface area contributed by atoms with E-state index in [1.807, 2.05) is 24.3 Å². The predicted octanol–water partition coefficient (Wildman–Crippen LogP) is 5.83. The molecule has 0 aliphatic carbocycles. The van der Waals surface area contributed by atoms with Gasteiger partial charge in [0.25, 0.3) is 5.91 Å². The van der Waals surface area contributed by atoms with E-state index in [4.69, 9.17) is 11.6 Å². The number of thioether (sulfide) groups is 1. The first-order valence-electron chi connectivity index (χ1n) is 8.68. The lowest BCUT2D eigenvalue weighted by atomic mass is 10.1. The van der Waals surface area contributed by atoms with Crippen molar-refractivity contribution in [3.8, 4) is 0 Å². The largest absolute Gasteiger partial charge is 0.322 e. The number of aromatic nitrogens is 2. The summed E-state index contributed by atoms with van der Waals surface area (Å²) in [6.45, 7) is 0. The Balaban J connectivity index is 1.54. The number of pyridine rings is 2. The van der Waals surface area contributed by atoms with Gasteiger partial charge in [0.1, 0.15) is 5.03 Å². The van der Waals surface area contributed by atoms with Crippen LogP contribution in [0.3, 0.4) is 0 Å². The summed E-state index contributed by atoms with van der Waals surface area (Å²) >= 11 is 7.42. The van der Waals surface area contributed by atoms with Crippen molar-refractivity contribution in [3.63, 3.8) is 0 Å². The van der Waals surface area contributed by atoms with Gasteiger partial charge in [-0.1, -0.05) is 35.9 Å². The number of benzene rings is 2. The zero-order valence-electron chi connectivity index (χ0n) is 14.8. The zero-order valence-corrected chi connectivity index (χ0v) is 16.4. The Kier molecular flexibility index (Phi) is 5.55. The average molecular weight is 406 g/mol. The minimum absolute atomic E-state index is 0.200. The van der Waals surface area contributed by atoms with E-state index in [0.717, 1.165) is 16.5 Å². The van der Waals surface area contributed by atoms with Crippen molar-refractivity contribution in [2.45, 2.75) is 10.8 Å². The summed E-state index contributed by atoms with van der Waals surface area (Å²) < 4.78 is 0. The Labute approximate surface area is 172 Å².